The van der Waals surface area contributed by atoms with Gasteiger partial charge in [-0.05, 0) is 5.56 Å². The van der Waals surface area contributed by atoms with Gasteiger partial charge in [0.05, 0.1) is 4.92 Å². The smallest absolute Gasteiger partial charge is 0.332 e. The third-order valence-electron chi connectivity index (χ3n) is 1.95. The van der Waals surface area contributed by atoms with Gasteiger partial charge in [-0.1, -0.05) is 12.1 Å². The largest absolute Gasteiger partial charge is 0.479 e. The molecule has 1 atom stereocenters. The standard InChI is InChI=1S/C9H8FNO5/c10-8-5(4-7(12)9(13)14)2-1-3-6(8)11(15)16/h1-3,7,12H,4H2,(H,13,14). The minimum absolute atomic E-state index is 0.205. The Bertz CT molecular complexity index is 434. The molecule has 0 heterocycles. The second-order valence-corrected chi connectivity index (χ2v) is 3.07. The molecule has 7 heteroatoms. The first-order valence-electron chi connectivity index (χ1n) is 4.26. The van der Waals surface area contributed by atoms with Crippen molar-refractivity contribution >= 4 is 11.7 Å². The monoisotopic (exact) mass is 229 g/mol. The van der Waals surface area contributed by atoms with Crippen LogP contribution in [-0.2, 0) is 11.2 Å². The van der Waals surface area contributed by atoms with Gasteiger partial charge in [0, 0.05) is 12.5 Å². The number of hydrogen-bond donors (Lipinski definition) is 2. The number of hydrogen-bond acceptors (Lipinski definition) is 4. The molecular weight excluding hydrogens is 221 g/mol. The molecule has 1 rings (SSSR count). The second kappa shape index (κ2) is 4.67. The number of rotatable bonds is 4. The lowest BCUT2D eigenvalue weighted by Crippen LogP contribution is -2.22. The Morgan fingerprint density at radius 3 is 2.69 bits per heavy atom. The molecule has 0 aliphatic heterocycles. The summed E-state index contributed by atoms with van der Waals surface area (Å²) in [6, 6.07) is 3.38. The Morgan fingerprint density at radius 2 is 2.19 bits per heavy atom. The van der Waals surface area contributed by atoms with Crippen LogP contribution < -0.4 is 0 Å². The summed E-state index contributed by atoms with van der Waals surface area (Å²) < 4.78 is 13.4. The third-order valence-corrected chi connectivity index (χ3v) is 1.95. The number of aliphatic hydroxyl groups excluding tert-OH is 1. The molecule has 0 aromatic heterocycles. The van der Waals surface area contributed by atoms with E-state index in [0.29, 0.717) is 0 Å². The summed E-state index contributed by atoms with van der Waals surface area (Å²) >= 11 is 0. The second-order valence-electron chi connectivity index (χ2n) is 3.07. The summed E-state index contributed by atoms with van der Waals surface area (Å²) in [5, 5.41) is 27.8. The van der Waals surface area contributed by atoms with Crippen LogP contribution >= 0.6 is 0 Å². The maximum atomic E-state index is 13.4. The summed E-state index contributed by atoms with van der Waals surface area (Å²) in [6.45, 7) is 0. The fraction of sp³-hybridized carbons (Fsp3) is 0.222. The van der Waals surface area contributed by atoms with E-state index in [1.165, 1.54) is 12.1 Å². The number of nitrogens with zero attached hydrogens (tertiary/aromatic N) is 1. The average molecular weight is 229 g/mol. The van der Waals surface area contributed by atoms with Crippen molar-refractivity contribution in [2.24, 2.45) is 0 Å². The minimum Gasteiger partial charge on any atom is -0.479 e. The number of halogens is 1. The van der Waals surface area contributed by atoms with Gasteiger partial charge in [0.15, 0.2) is 6.10 Å². The van der Waals surface area contributed by atoms with Crippen molar-refractivity contribution < 1.29 is 24.3 Å². The molecule has 6 nitrogen and oxygen atoms in total. The molecular formula is C9H8FNO5. The van der Waals surface area contributed by atoms with Crippen molar-refractivity contribution in [2.75, 3.05) is 0 Å². The fourth-order valence-corrected chi connectivity index (χ4v) is 1.16. The Hall–Kier alpha value is -2.02. The molecule has 0 bridgehead atoms. The van der Waals surface area contributed by atoms with Crippen LogP contribution in [0.3, 0.4) is 0 Å². The number of carbonyl (C=O) groups is 1. The van der Waals surface area contributed by atoms with Gasteiger partial charge >= 0.3 is 11.7 Å². The van der Waals surface area contributed by atoms with Crippen LogP contribution in [0.4, 0.5) is 10.1 Å². The van der Waals surface area contributed by atoms with Crippen LogP contribution in [0.15, 0.2) is 18.2 Å². The maximum absolute atomic E-state index is 13.4. The first-order valence-corrected chi connectivity index (χ1v) is 4.26. The van der Waals surface area contributed by atoms with Gasteiger partial charge in [-0.15, -0.1) is 0 Å². The van der Waals surface area contributed by atoms with Crippen molar-refractivity contribution in [3.63, 3.8) is 0 Å². The zero-order valence-corrected chi connectivity index (χ0v) is 7.96. The van der Waals surface area contributed by atoms with Crippen LogP contribution in [0.1, 0.15) is 5.56 Å². The van der Waals surface area contributed by atoms with E-state index in [9.17, 15) is 19.3 Å². The topological polar surface area (TPSA) is 101 Å². The quantitative estimate of drug-likeness (QED) is 0.585. The first kappa shape index (κ1) is 12.1. The van der Waals surface area contributed by atoms with Gasteiger partial charge in [-0.3, -0.25) is 10.1 Å². The van der Waals surface area contributed by atoms with Gasteiger partial charge < -0.3 is 10.2 Å². The molecule has 0 aliphatic carbocycles. The first-order chi connectivity index (χ1) is 7.43. The summed E-state index contributed by atoms with van der Waals surface area (Å²) in [4.78, 5) is 19.8. The zero-order valence-electron chi connectivity index (χ0n) is 7.96. The normalized spacial score (nSPS) is 12.1. The van der Waals surface area contributed by atoms with Crippen LogP contribution in [0, 0.1) is 15.9 Å². The number of aliphatic hydroxyl groups is 1. The molecule has 0 radical (unpaired) electrons. The van der Waals surface area contributed by atoms with Crippen molar-refractivity contribution in [3.8, 4) is 0 Å². The fourth-order valence-electron chi connectivity index (χ4n) is 1.16. The zero-order chi connectivity index (χ0) is 12.3. The van der Waals surface area contributed by atoms with Crippen LogP contribution in [0.2, 0.25) is 0 Å². The number of carboxylic acids is 1. The Balaban J connectivity index is 3.02. The van der Waals surface area contributed by atoms with E-state index in [-0.39, 0.29) is 5.56 Å². The Labute approximate surface area is 89.1 Å². The number of nitro groups is 1. The van der Waals surface area contributed by atoms with Gasteiger partial charge in [-0.25, -0.2) is 4.79 Å². The minimum atomic E-state index is -1.78. The predicted molar refractivity (Wildman–Crippen MR) is 50.4 cm³/mol. The number of nitro benzene ring substituents is 1. The highest BCUT2D eigenvalue weighted by atomic mass is 19.1. The molecule has 16 heavy (non-hydrogen) atoms. The van der Waals surface area contributed by atoms with E-state index >= 15 is 0 Å². The number of carboxylic acid groups (broad SMARTS) is 1. The van der Waals surface area contributed by atoms with E-state index in [1.807, 2.05) is 0 Å². The molecule has 86 valence electrons. The summed E-state index contributed by atoms with van der Waals surface area (Å²) in [6.07, 6.45) is -2.29. The van der Waals surface area contributed by atoms with E-state index in [4.69, 9.17) is 10.2 Å². The summed E-state index contributed by atoms with van der Waals surface area (Å²) in [7, 11) is 0. The van der Waals surface area contributed by atoms with E-state index < -0.39 is 34.9 Å². The predicted octanol–water partition coefficient (Wildman–Crippen LogP) is 0.722. The van der Waals surface area contributed by atoms with Gasteiger partial charge in [0.2, 0.25) is 5.82 Å². The number of aliphatic carboxylic acids is 1. The lowest BCUT2D eigenvalue weighted by Gasteiger charge is -2.06. The Kier molecular flexibility index (Phi) is 3.51. The Morgan fingerprint density at radius 1 is 1.56 bits per heavy atom. The highest BCUT2D eigenvalue weighted by molar-refractivity contribution is 5.72. The lowest BCUT2D eigenvalue weighted by atomic mass is 10.1. The molecule has 2 N–H and O–H groups in total. The highest BCUT2D eigenvalue weighted by Gasteiger charge is 2.21. The van der Waals surface area contributed by atoms with E-state index in [0.717, 1.165) is 6.07 Å². The van der Waals surface area contributed by atoms with Crippen LogP contribution in [-0.4, -0.2) is 27.2 Å². The molecule has 0 amide bonds. The lowest BCUT2D eigenvalue weighted by molar-refractivity contribution is -0.387. The van der Waals surface area contributed by atoms with E-state index in [2.05, 4.69) is 0 Å². The average Bonchev–Trinajstić information content (AvgIpc) is 2.20. The van der Waals surface area contributed by atoms with Crippen LogP contribution in [0.5, 0.6) is 0 Å². The summed E-state index contributed by atoms with van der Waals surface area (Å²) in [5.74, 6) is -2.63. The van der Waals surface area contributed by atoms with E-state index in [1.54, 1.807) is 0 Å². The van der Waals surface area contributed by atoms with Crippen molar-refractivity contribution in [1.29, 1.82) is 0 Å². The van der Waals surface area contributed by atoms with Gasteiger partial charge in [0.1, 0.15) is 0 Å². The van der Waals surface area contributed by atoms with Gasteiger partial charge in [-0.2, -0.15) is 4.39 Å². The molecule has 1 unspecified atom stereocenters. The molecule has 0 aliphatic rings. The third kappa shape index (κ3) is 2.51. The van der Waals surface area contributed by atoms with Gasteiger partial charge in [0.25, 0.3) is 0 Å². The number of benzene rings is 1. The molecule has 1 aromatic rings. The molecule has 0 spiro atoms. The van der Waals surface area contributed by atoms with Crippen molar-refractivity contribution in [1.82, 2.24) is 0 Å². The van der Waals surface area contributed by atoms with Crippen molar-refractivity contribution in [3.05, 3.63) is 39.7 Å². The summed E-state index contributed by atoms with van der Waals surface area (Å²) in [5.41, 5.74) is -0.945. The van der Waals surface area contributed by atoms with Crippen LogP contribution in [0.25, 0.3) is 0 Å². The SMILES string of the molecule is O=C(O)C(O)Cc1cccc([N+](=O)[O-])c1F. The highest BCUT2D eigenvalue weighted by Crippen LogP contribution is 2.21. The molecule has 0 saturated heterocycles. The molecule has 0 fully saturated rings. The molecule has 1 aromatic carbocycles. The maximum Gasteiger partial charge on any atom is 0.332 e. The van der Waals surface area contributed by atoms with Crippen molar-refractivity contribution in [2.45, 2.75) is 12.5 Å². The molecule has 0 saturated carbocycles.